The number of hydrogen-bond donors (Lipinski definition) is 2. The van der Waals surface area contributed by atoms with Gasteiger partial charge in [0.2, 0.25) is 0 Å². The van der Waals surface area contributed by atoms with E-state index in [4.69, 9.17) is 4.74 Å². The number of ether oxygens (including phenoxy) is 1. The average molecular weight is 396 g/mol. The normalized spacial score (nSPS) is 19.4. The Morgan fingerprint density at radius 1 is 1.21 bits per heavy atom. The number of aromatic nitrogens is 2. The van der Waals surface area contributed by atoms with Gasteiger partial charge in [-0.1, -0.05) is 30.3 Å². The van der Waals surface area contributed by atoms with Crippen molar-refractivity contribution in [1.29, 1.82) is 0 Å². The van der Waals surface area contributed by atoms with Crippen LogP contribution in [0, 0.1) is 0 Å². The van der Waals surface area contributed by atoms with E-state index in [9.17, 15) is 9.59 Å². The predicted molar refractivity (Wildman–Crippen MR) is 109 cm³/mol. The summed E-state index contributed by atoms with van der Waals surface area (Å²) in [6.45, 7) is 3.90. The summed E-state index contributed by atoms with van der Waals surface area (Å²) in [6, 6.07) is 9.67. The van der Waals surface area contributed by atoms with Crippen molar-refractivity contribution in [3.63, 3.8) is 0 Å². The second-order valence-corrected chi connectivity index (χ2v) is 7.79. The third kappa shape index (κ3) is 4.34. The van der Waals surface area contributed by atoms with Crippen LogP contribution in [0.5, 0.6) is 0 Å². The summed E-state index contributed by atoms with van der Waals surface area (Å²) in [5, 5.41) is 5.96. The van der Waals surface area contributed by atoms with Gasteiger partial charge < -0.3 is 19.9 Å². The lowest BCUT2D eigenvalue weighted by atomic mass is 10.1. The fraction of sp³-hybridized carbons (Fsp3) is 0.500. The monoisotopic (exact) mass is 396 g/mol. The molecule has 3 heterocycles. The molecule has 2 unspecified atom stereocenters. The molecule has 1 aromatic carbocycles. The van der Waals surface area contributed by atoms with Gasteiger partial charge in [-0.2, -0.15) is 0 Å². The second kappa shape index (κ2) is 8.78. The molecule has 2 aliphatic heterocycles. The van der Waals surface area contributed by atoms with Crippen molar-refractivity contribution < 1.29 is 14.3 Å². The first-order valence-electron chi connectivity index (χ1n) is 10.5. The molecule has 0 saturated carbocycles. The molecule has 2 amide bonds. The van der Waals surface area contributed by atoms with E-state index in [0.29, 0.717) is 24.6 Å². The Hall–Kier alpha value is -2.67. The van der Waals surface area contributed by atoms with Crippen LogP contribution in [0.15, 0.2) is 30.3 Å². The van der Waals surface area contributed by atoms with E-state index in [1.165, 1.54) is 0 Å². The number of benzene rings is 1. The van der Waals surface area contributed by atoms with Crippen molar-refractivity contribution in [2.24, 2.45) is 0 Å². The maximum Gasteiger partial charge on any atom is 0.287 e. The first-order chi connectivity index (χ1) is 14.1. The lowest BCUT2D eigenvalue weighted by Gasteiger charge is -2.18. The molecule has 7 heteroatoms. The number of hydrogen-bond acceptors (Lipinski definition) is 4. The van der Waals surface area contributed by atoms with Crippen molar-refractivity contribution in [2.75, 3.05) is 13.2 Å². The van der Waals surface area contributed by atoms with Crippen molar-refractivity contribution in [2.45, 2.75) is 57.7 Å². The number of fused-ring (bicyclic) bond motifs is 1. The molecule has 1 saturated heterocycles. The highest BCUT2D eigenvalue weighted by atomic mass is 16.5. The first-order valence-corrected chi connectivity index (χ1v) is 10.5. The highest BCUT2D eigenvalue weighted by molar-refractivity contribution is 5.97. The fourth-order valence-electron chi connectivity index (χ4n) is 4.08. The van der Waals surface area contributed by atoms with Crippen molar-refractivity contribution in [1.82, 2.24) is 20.2 Å². The Labute approximate surface area is 170 Å². The van der Waals surface area contributed by atoms with Crippen LogP contribution in [0.2, 0.25) is 0 Å². The molecule has 0 radical (unpaired) electrons. The molecule has 4 rings (SSSR count). The number of carbonyl (C=O) groups excluding carboxylic acids is 2. The average Bonchev–Trinajstić information content (AvgIpc) is 3.40. The van der Waals surface area contributed by atoms with E-state index in [0.717, 1.165) is 50.0 Å². The SMILES string of the molecule is CC(NC(=O)c1nc(C(=O)NCC2CCCO2)c2n1CCCC2)c1ccccc1. The second-order valence-electron chi connectivity index (χ2n) is 7.79. The van der Waals surface area contributed by atoms with Crippen LogP contribution < -0.4 is 10.6 Å². The minimum absolute atomic E-state index is 0.0758. The number of amides is 2. The summed E-state index contributed by atoms with van der Waals surface area (Å²) < 4.78 is 7.49. The van der Waals surface area contributed by atoms with Gasteiger partial charge in [-0.25, -0.2) is 4.98 Å². The predicted octanol–water partition coefficient (Wildman–Crippen LogP) is 2.62. The molecule has 154 valence electrons. The zero-order chi connectivity index (χ0) is 20.2. The molecule has 29 heavy (non-hydrogen) atoms. The van der Waals surface area contributed by atoms with Gasteiger partial charge in [0.15, 0.2) is 5.82 Å². The van der Waals surface area contributed by atoms with Crippen molar-refractivity contribution in [3.8, 4) is 0 Å². The van der Waals surface area contributed by atoms with Gasteiger partial charge in [0.25, 0.3) is 11.8 Å². The molecule has 0 bridgehead atoms. The van der Waals surface area contributed by atoms with E-state index in [-0.39, 0.29) is 24.0 Å². The summed E-state index contributed by atoms with van der Waals surface area (Å²) in [7, 11) is 0. The third-order valence-corrected chi connectivity index (χ3v) is 5.70. The van der Waals surface area contributed by atoms with Gasteiger partial charge in [-0.3, -0.25) is 9.59 Å². The van der Waals surface area contributed by atoms with Gasteiger partial charge in [0.1, 0.15) is 5.69 Å². The zero-order valence-electron chi connectivity index (χ0n) is 16.8. The van der Waals surface area contributed by atoms with Crippen LogP contribution in [0.25, 0.3) is 0 Å². The van der Waals surface area contributed by atoms with Crippen LogP contribution in [0.4, 0.5) is 0 Å². The Balaban J connectivity index is 1.51. The summed E-state index contributed by atoms with van der Waals surface area (Å²) in [6.07, 6.45) is 4.81. The molecule has 0 spiro atoms. The van der Waals surface area contributed by atoms with E-state index in [1.54, 1.807) is 0 Å². The smallest absolute Gasteiger partial charge is 0.287 e. The van der Waals surface area contributed by atoms with Gasteiger partial charge in [0, 0.05) is 19.7 Å². The molecule has 2 aliphatic rings. The number of rotatable bonds is 6. The molecule has 1 aromatic heterocycles. The zero-order valence-corrected chi connectivity index (χ0v) is 16.8. The highest BCUT2D eigenvalue weighted by Gasteiger charge is 2.28. The Morgan fingerprint density at radius 2 is 2.03 bits per heavy atom. The maximum absolute atomic E-state index is 13.0. The van der Waals surface area contributed by atoms with E-state index in [2.05, 4.69) is 15.6 Å². The largest absolute Gasteiger partial charge is 0.376 e. The Kier molecular flexibility index (Phi) is 5.94. The van der Waals surface area contributed by atoms with Crippen LogP contribution >= 0.6 is 0 Å². The van der Waals surface area contributed by atoms with Gasteiger partial charge in [-0.05, 0) is 44.6 Å². The molecule has 2 atom stereocenters. The summed E-state index contributed by atoms with van der Waals surface area (Å²) in [4.78, 5) is 30.2. The number of imidazole rings is 1. The Bertz CT molecular complexity index is 872. The van der Waals surface area contributed by atoms with Crippen molar-refractivity contribution in [3.05, 3.63) is 53.1 Å². The van der Waals surface area contributed by atoms with Gasteiger partial charge >= 0.3 is 0 Å². The highest BCUT2D eigenvalue weighted by Crippen LogP contribution is 2.22. The number of nitrogens with one attached hydrogen (secondary N) is 2. The summed E-state index contributed by atoms with van der Waals surface area (Å²) in [5.74, 6) is -0.145. The van der Waals surface area contributed by atoms with E-state index < -0.39 is 0 Å². The summed E-state index contributed by atoms with van der Waals surface area (Å²) >= 11 is 0. The minimum Gasteiger partial charge on any atom is -0.376 e. The maximum atomic E-state index is 13.0. The van der Waals surface area contributed by atoms with Gasteiger partial charge in [-0.15, -0.1) is 0 Å². The van der Waals surface area contributed by atoms with E-state index in [1.807, 2.05) is 41.8 Å². The van der Waals surface area contributed by atoms with Crippen LogP contribution in [0.1, 0.15) is 71.0 Å². The molecule has 7 nitrogen and oxygen atoms in total. The molecule has 0 aliphatic carbocycles. The van der Waals surface area contributed by atoms with Crippen molar-refractivity contribution >= 4 is 11.8 Å². The standard InChI is InChI=1S/C22H28N4O3/c1-15(16-8-3-2-4-9-16)24-22(28)20-25-19(18-11-5-6-12-26(18)20)21(27)23-14-17-10-7-13-29-17/h2-4,8-9,15,17H,5-7,10-14H2,1H3,(H,23,27)(H,24,28). The quantitative estimate of drug-likeness (QED) is 0.786. The molecule has 2 aromatic rings. The van der Waals surface area contributed by atoms with E-state index >= 15 is 0 Å². The minimum atomic E-state index is -0.248. The first kappa shape index (κ1) is 19.6. The lowest BCUT2D eigenvalue weighted by Crippen LogP contribution is -2.32. The van der Waals surface area contributed by atoms with Crippen LogP contribution in [0.3, 0.4) is 0 Å². The third-order valence-electron chi connectivity index (χ3n) is 5.70. The molecular formula is C22H28N4O3. The van der Waals surface area contributed by atoms with Crippen LogP contribution in [-0.4, -0.2) is 40.6 Å². The van der Waals surface area contributed by atoms with Crippen LogP contribution in [-0.2, 0) is 17.7 Å². The Morgan fingerprint density at radius 3 is 2.79 bits per heavy atom. The number of nitrogens with zero attached hydrogens (tertiary/aromatic N) is 2. The topological polar surface area (TPSA) is 85.2 Å². The molecule has 1 fully saturated rings. The summed E-state index contributed by atoms with van der Waals surface area (Å²) in [5.41, 5.74) is 2.26. The fourth-order valence-corrected chi connectivity index (χ4v) is 4.08. The number of carbonyl (C=O) groups is 2. The lowest BCUT2D eigenvalue weighted by molar-refractivity contribution is 0.0853. The molecular weight excluding hydrogens is 368 g/mol. The van der Waals surface area contributed by atoms with Gasteiger partial charge in [0.05, 0.1) is 17.8 Å². The molecule has 2 N–H and O–H groups in total.